The maximum Gasteiger partial charge on any atom is 0.251 e. The van der Waals surface area contributed by atoms with Crippen LogP contribution in [-0.2, 0) is 10.5 Å². The van der Waals surface area contributed by atoms with E-state index in [2.05, 4.69) is 24.1 Å². The number of morpholine rings is 1. The Balaban J connectivity index is 1.50. The molecule has 1 aliphatic rings. The number of nitrogens with one attached hydrogen (secondary N) is 1. The lowest BCUT2D eigenvalue weighted by Gasteiger charge is -2.35. The fraction of sp³-hybridized carbons (Fsp3) is 0.409. The van der Waals surface area contributed by atoms with Gasteiger partial charge in [-0.3, -0.25) is 9.69 Å². The highest BCUT2D eigenvalue weighted by Crippen LogP contribution is 2.24. The lowest BCUT2D eigenvalue weighted by Crippen LogP contribution is -2.52. The number of carbonyl (C=O) groups is 1. The molecule has 28 heavy (non-hydrogen) atoms. The molecule has 0 aromatic heterocycles. The second kappa shape index (κ2) is 10.3. The van der Waals surface area contributed by atoms with Gasteiger partial charge >= 0.3 is 0 Å². The molecular formula is C22H27ClN2O2S. The molecule has 0 bridgehead atoms. The van der Waals surface area contributed by atoms with E-state index in [0.29, 0.717) is 5.56 Å². The monoisotopic (exact) mass is 418 g/mol. The van der Waals surface area contributed by atoms with Crippen molar-refractivity contribution >= 4 is 29.3 Å². The first-order valence-corrected chi connectivity index (χ1v) is 11.0. The molecule has 2 aromatic carbocycles. The van der Waals surface area contributed by atoms with Crippen LogP contribution in [0.5, 0.6) is 0 Å². The summed E-state index contributed by atoms with van der Waals surface area (Å²) in [6.07, 6.45) is 0. The van der Waals surface area contributed by atoms with Crippen molar-refractivity contribution in [2.24, 2.45) is 0 Å². The van der Waals surface area contributed by atoms with Gasteiger partial charge in [0.15, 0.2) is 0 Å². The topological polar surface area (TPSA) is 41.6 Å². The van der Waals surface area contributed by atoms with Crippen molar-refractivity contribution in [3.05, 3.63) is 64.7 Å². The van der Waals surface area contributed by atoms with E-state index in [0.717, 1.165) is 37.1 Å². The number of benzene rings is 2. The number of hydrogen-bond donors (Lipinski definition) is 1. The molecule has 4 nitrogen and oxygen atoms in total. The standard InChI is InChI=1S/C22H27ClN2O2S/c1-16(17(2)25-11-13-27-14-12-25)24-22(26)19-5-3-18(4-6-19)15-28-21-9-7-20(23)8-10-21/h3-10,16-17H,11-15H2,1-2H3,(H,24,26). The molecule has 150 valence electrons. The molecule has 1 saturated heterocycles. The normalized spacial score (nSPS) is 17.1. The van der Waals surface area contributed by atoms with Gasteiger partial charge in [0.05, 0.1) is 13.2 Å². The average molecular weight is 419 g/mol. The van der Waals surface area contributed by atoms with Gasteiger partial charge in [0.2, 0.25) is 0 Å². The molecule has 2 unspecified atom stereocenters. The molecule has 1 aliphatic heterocycles. The summed E-state index contributed by atoms with van der Waals surface area (Å²) in [5.74, 6) is 0.832. The number of ether oxygens (including phenoxy) is 1. The smallest absolute Gasteiger partial charge is 0.251 e. The van der Waals surface area contributed by atoms with Crippen molar-refractivity contribution in [1.82, 2.24) is 10.2 Å². The Kier molecular flexibility index (Phi) is 7.80. The van der Waals surface area contributed by atoms with E-state index in [1.165, 1.54) is 10.5 Å². The van der Waals surface area contributed by atoms with Crippen LogP contribution >= 0.6 is 23.4 Å². The predicted molar refractivity (Wildman–Crippen MR) is 116 cm³/mol. The van der Waals surface area contributed by atoms with E-state index in [1.807, 2.05) is 48.5 Å². The van der Waals surface area contributed by atoms with Crippen molar-refractivity contribution in [2.45, 2.75) is 36.6 Å². The molecule has 6 heteroatoms. The second-order valence-corrected chi connectivity index (χ2v) is 8.58. The summed E-state index contributed by atoms with van der Waals surface area (Å²) in [7, 11) is 0. The molecule has 2 atom stereocenters. The summed E-state index contributed by atoms with van der Waals surface area (Å²) in [5.41, 5.74) is 1.88. The lowest BCUT2D eigenvalue weighted by molar-refractivity contribution is 0.0137. The van der Waals surface area contributed by atoms with Gasteiger partial charge in [-0.25, -0.2) is 0 Å². The third-order valence-corrected chi connectivity index (χ3v) is 6.47. The molecule has 0 spiro atoms. The van der Waals surface area contributed by atoms with E-state index in [9.17, 15) is 4.79 Å². The van der Waals surface area contributed by atoms with Gasteiger partial charge in [0.25, 0.3) is 5.91 Å². The van der Waals surface area contributed by atoms with E-state index in [-0.39, 0.29) is 18.0 Å². The molecule has 1 amide bonds. The summed E-state index contributed by atoms with van der Waals surface area (Å²) in [4.78, 5) is 16.1. The molecule has 1 heterocycles. The maximum atomic E-state index is 12.6. The first-order chi connectivity index (χ1) is 13.5. The van der Waals surface area contributed by atoms with Gasteiger partial charge in [-0.2, -0.15) is 0 Å². The number of hydrogen-bond acceptors (Lipinski definition) is 4. The Morgan fingerprint density at radius 1 is 1.11 bits per heavy atom. The summed E-state index contributed by atoms with van der Waals surface area (Å²) >= 11 is 7.67. The Morgan fingerprint density at radius 3 is 2.39 bits per heavy atom. The summed E-state index contributed by atoms with van der Waals surface area (Å²) in [6, 6.07) is 16.0. The number of halogens is 1. The molecule has 1 fully saturated rings. The third-order valence-electron chi connectivity index (χ3n) is 5.14. The van der Waals surface area contributed by atoms with E-state index in [1.54, 1.807) is 11.8 Å². The molecule has 0 saturated carbocycles. The van der Waals surface area contributed by atoms with Gasteiger partial charge in [-0.15, -0.1) is 11.8 Å². The average Bonchev–Trinajstić information content (AvgIpc) is 2.73. The highest BCUT2D eigenvalue weighted by atomic mass is 35.5. The number of nitrogens with zero attached hydrogens (tertiary/aromatic N) is 1. The van der Waals surface area contributed by atoms with Crippen LogP contribution in [0.3, 0.4) is 0 Å². The highest BCUT2D eigenvalue weighted by Gasteiger charge is 2.23. The van der Waals surface area contributed by atoms with Crippen molar-refractivity contribution in [1.29, 1.82) is 0 Å². The Bertz CT molecular complexity index is 761. The lowest BCUT2D eigenvalue weighted by atomic mass is 10.1. The zero-order chi connectivity index (χ0) is 19.9. The number of carbonyl (C=O) groups excluding carboxylic acids is 1. The SMILES string of the molecule is CC(NC(=O)c1ccc(CSc2ccc(Cl)cc2)cc1)C(C)N1CCOCC1. The van der Waals surface area contributed by atoms with Crippen molar-refractivity contribution in [3.63, 3.8) is 0 Å². The van der Waals surface area contributed by atoms with Crippen molar-refractivity contribution in [2.75, 3.05) is 26.3 Å². The maximum absolute atomic E-state index is 12.6. The molecular weight excluding hydrogens is 392 g/mol. The number of amides is 1. The van der Waals surface area contributed by atoms with Crippen LogP contribution in [0.2, 0.25) is 5.02 Å². The number of rotatable bonds is 7. The van der Waals surface area contributed by atoms with Crippen molar-refractivity contribution < 1.29 is 9.53 Å². The summed E-state index contributed by atoms with van der Waals surface area (Å²) in [6.45, 7) is 7.59. The van der Waals surface area contributed by atoms with Crippen LogP contribution in [0, 0.1) is 0 Å². The Hall–Kier alpha value is -1.53. The van der Waals surface area contributed by atoms with E-state index < -0.39 is 0 Å². The van der Waals surface area contributed by atoms with E-state index in [4.69, 9.17) is 16.3 Å². The van der Waals surface area contributed by atoms with Crippen molar-refractivity contribution in [3.8, 4) is 0 Å². The van der Waals surface area contributed by atoms with Gasteiger partial charge in [0.1, 0.15) is 0 Å². The zero-order valence-electron chi connectivity index (χ0n) is 16.4. The summed E-state index contributed by atoms with van der Waals surface area (Å²) < 4.78 is 5.41. The van der Waals surface area contributed by atoms with Crippen LogP contribution in [0.15, 0.2) is 53.4 Å². The van der Waals surface area contributed by atoms with E-state index >= 15 is 0 Å². The predicted octanol–water partition coefficient (Wildman–Crippen LogP) is 4.47. The fourth-order valence-electron chi connectivity index (χ4n) is 3.16. The van der Waals surface area contributed by atoms with Crippen LogP contribution in [-0.4, -0.2) is 49.2 Å². The van der Waals surface area contributed by atoms with Gasteiger partial charge < -0.3 is 10.1 Å². The number of thioether (sulfide) groups is 1. The molecule has 0 radical (unpaired) electrons. The molecule has 1 N–H and O–H groups in total. The first kappa shape index (κ1) is 21.2. The van der Waals surface area contributed by atoms with Crippen LogP contribution in [0.4, 0.5) is 0 Å². The summed E-state index contributed by atoms with van der Waals surface area (Å²) in [5, 5.41) is 3.88. The quantitative estimate of drug-likeness (QED) is 0.673. The minimum Gasteiger partial charge on any atom is -0.379 e. The molecule has 0 aliphatic carbocycles. The van der Waals surface area contributed by atoms with Gasteiger partial charge in [0, 0.05) is 46.4 Å². The molecule has 2 aromatic rings. The first-order valence-electron chi connectivity index (χ1n) is 9.63. The molecule has 3 rings (SSSR count). The van der Waals surface area contributed by atoms with Gasteiger partial charge in [-0.05, 0) is 55.8 Å². The zero-order valence-corrected chi connectivity index (χ0v) is 17.9. The van der Waals surface area contributed by atoms with Gasteiger partial charge in [-0.1, -0.05) is 23.7 Å². The second-order valence-electron chi connectivity index (χ2n) is 7.09. The minimum absolute atomic E-state index is 0.0236. The Morgan fingerprint density at radius 2 is 1.75 bits per heavy atom. The fourth-order valence-corrected chi connectivity index (χ4v) is 4.14. The Labute approximate surface area is 176 Å². The third kappa shape index (κ3) is 5.98. The largest absolute Gasteiger partial charge is 0.379 e. The van der Waals surface area contributed by atoms with Crippen LogP contribution in [0.25, 0.3) is 0 Å². The highest BCUT2D eigenvalue weighted by molar-refractivity contribution is 7.98. The minimum atomic E-state index is -0.0236. The van der Waals surface area contributed by atoms with Crippen LogP contribution < -0.4 is 5.32 Å². The van der Waals surface area contributed by atoms with Crippen LogP contribution in [0.1, 0.15) is 29.8 Å².